The summed E-state index contributed by atoms with van der Waals surface area (Å²) in [4.78, 5) is 21.7. The van der Waals surface area contributed by atoms with E-state index in [1.54, 1.807) is 0 Å². The van der Waals surface area contributed by atoms with E-state index in [1.807, 2.05) is 0 Å². The fourth-order valence-electron chi connectivity index (χ4n) is 2.72. The average Bonchev–Trinajstić information content (AvgIpc) is 2.75. The molecule has 1 saturated carbocycles. The van der Waals surface area contributed by atoms with Gasteiger partial charge in [0.2, 0.25) is 0 Å². The van der Waals surface area contributed by atoms with Gasteiger partial charge in [-0.1, -0.05) is 0 Å². The Morgan fingerprint density at radius 3 is 1.89 bits per heavy atom. The van der Waals surface area contributed by atoms with Gasteiger partial charge in [0.15, 0.2) is 0 Å². The Morgan fingerprint density at radius 2 is 1.58 bits per heavy atom. The number of carboxylic acids is 1. The number of carboxylic acid groups (broad SMARTS) is 1. The molecule has 2 atom stereocenters. The number of halogens is 6. The lowest BCUT2D eigenvalue weighted by atomic mass is 9.96. The summed E-state index contributed by atoms with van der Waals surface area (Å²) in [7, 11) is 0. The zero-order valence-corrected chi connectivity index (χ0v) is 9.10. The standard InChI is InChI=1S/C9H7F6NO3/c10-8(11,12)4(17)16-2-6(5(18)19)1-7(6,3-16)9(13,14)15/h1-3H2,(H,18,19)/t6-,7-/m1/s1. The van der Waals surface area contributed by atoms with Gasteiger partial charge in [-0.3, -0.25) is 9.59 Å². The second kappa shape index (κ2) is 3.34. The molecule has 1 amide bonds. The largest absolute Gasteiger partial charge is 0.481 e. The maximum absolute atomic E-state index is 12.8. The van der Waals surface area contributed by atoms with Crippen LogP contribution in [-0.4, -0.2) is 47.3 Å². The Labute approximate surface area is 102 Å². The lowest BCUT2D eigenvalue weighted by Gasteiger charge is -2.22. The lowest BCUT2D eigenvalue weighted by molar-refractivity contribution is -0.201. The van der Waals surface area contributed by atoms with Crippen molar-refractivity contribution in [2.45, 2.75) is 18.8 Å². The second-order valence-corrected chi connectivity index (χ2v) is 4.80. The number of nitrogens with zero attached hydrogens (tertiary/aromatic N) is 1. The highest BCUT2D eigenvalue weighted by molar-refractivity contribution is 5.87. The first-order valence-electron chi connectivity index (χ1n) is 5.04. The van der Waals surface area contributed by atoms with Crippen LogP contribution in [0.4, 0.5) is 26.3 Å². The molecular formula is C9H7F6NO3. The summed E-state index contributed by atoms with van der Waals surface area (Å²) >= 11 is 0. The van der Waals surface area contributed by atoms with E-state index in [0.29, 0.717) is 0 Å². The third-order valence-corrected chi connectivity index (χ3v) is 3.80. The fraction of sp³-hybridized carbons (Fsp3) is 0.778. The molecule has 1 aliphatic heterocycles. The monoisotopic (exact) mass is 291 g/mol. The predicted molar refractivity (Wildman–Crippen MR) is 45.8 cm³/mol. The number of piperidine rings is 1. The zero-order chi connectivity index (χ0) is 14.9. The second-order valence-electron chi connectivity index (χ2n) is 4.80. The number of fused-ring (bicyclic) bond motifs is 1. The van der Waals surface area contributed by atoms with Crippen molar-refractivity contribution in [1.29, 1.82) is 0 Å². The Balaban J connectivity index is 2.32. The molecular weight excluding hydrogens is 284 g/mol. The number of carbonyl (C=O) groups is 2. The van der Waals surface area contributed by atoms with Crippen LogP contribution in [0.5, 0.6) is 0 Å². The van der Waals surface area contributed by atoms with Crippen LogP contribution in [0.3, 0.4) is 0 Å². The number of hydrogen-bond donors (Lipinski definition) is 1. The van der Waals surface area contributed by atoms with E-state index < -0.39 is 54.6 Å². The number of carbonyl (C=O) groups excluding carboxylic acids is 1. The van der Waals surface area contributed by atoms with Crippen LogP contribution < -0.4 is 0 Å². The number of aliphatic carboxylic acids is 1. The lowest BCUT2D eigenvalue weighted by Crippen LogP contribution is -2.43. The van der Waals surface area contributed by atoms with Crippen LogP contribution in [0.25, 0.3) is 0 Å². The van der Waals surface area contributed by atoms with Gasteiger partial charge in [-0.05, 0) is 6.42 Å². The Hall–Kier alpha value is -1.48. The first-order chi connectivity index (χ1) is 8.37. The summed E-state index contributed by atoms with van der Waals surface area (Å²) in [5.41, 5.74) is -5.10. The van der Waals surface area contributed by atoms with E-state index in [0.717, 1.165) is 0 Å². The minimum Gasteiger partial charge on any atom is -0.481 e. The molecule has 0 bridgehead atoms. The summed E-state index contributed by atoms with van der Waals surface area (Å²) in [6.45, 7) is -2.33. The van der Waals surface area contributed by atoms with Crippen molar-refractivity contribution in [2.24, 2.45) is 10.8 Å². The molecule has 0 radical (unpaired) electrons. The van der Waals surface area contributed by atoms with Crippen LogP contribution in [0.15, 0.2) is 0 Å². The Bertz CT molecular complexity index is 458. The Morgan fingerprint density at radius 1 is 1.05 bits per heavy atom. The SMILES string of the molecule is O=C(N1C[C@@]2(C(=O)O)C[C@@]2(C(F)(F)F)C1)C(F)(F)F. The van der Waals surface area contributed by atoms with Gasteiger partial charge in [-0.25, -0.2) is 0 Å². The molecule has 2 fully saturated rings. The van der Waals surface area contributed by atoms with Gasteiger partial charge < -0.3 is 10.0 Å². The van der Waals surface area contributed by atoms with Crippen molar-refractivity contribution in [2.75, 3.05) is 13.1 Å². The minimum atomic E-state index is -5.32. The number of likely N-dealkylation sites (tertiary alicyclic amines) is 1. The summed E-state index contributed by atoms with van der Waals surface area (Å²) in [5, 5.41) is 8.83. The molecule has 0 aromatic carbocycles. The van der Waals surface area contributed by atoms with Crippen LogP contribution >= 0.6 is 0 Å². The molecule has 10 heteroatoms. The van der Waals surface area contributed by atoms with Crippen LogP contribution in [-0.2, 0) is 9.59 Å². The highest BCUT2D eigenvalue weighted by Gasteiger charge is 2.87. The minimum absolute atomic E-state index is 0.0783. The first kappa shape index (κ1) is 13.9. The smallest absolute Gasteiger partial charge is 0.471 e. The quantitative estimate of drug-likeness (QED) is 0.743. The molecule has 1 aliphatic carbocycles. The van der Waals surface area contributed by atoms with E-state index >= 15 is 0 Å². The third kappa shape index (κ3) is 1.61. The maximum atomic E-state index is 12.8. The third-order valence-electron chi connectivity index (χ3n) is 3.80. The molecule has 0 aromatic rings. The molecule has 4 nitrogen and oxygen atoms in total. The van der Waals surface area contributed by atoms with E-state index in [-0.39, 0.29) is 4.90 Å². The zero-order valence-electron chi connectivity index (χ0n) is 9.10. The van der Waals surface area contributed by atoms with Gasteiger partial charge in [-0.2, -0.15) is 26.3 Å². The van der Waals surface area contributed by atoms with Crippen molar-refractivity contribution in [1.82, 2.24) is 4.90 Å². The highest BCUT2D eigenvalue weighted by atomic mass is 19.4. The van der Waals surface area contributed by atoms with Crippen molar-refractivity contribution in [3.8, 4) is 0 Å². The predicted octanol–water partition coefficient (Wildman–Crippen LogP) is 1.41. The first-order valence-corrected chi connectivity index (χ1v) is 5.04. The van der Waals surface area contributed by atoms with E-state index in [1.165, 1.54) is 0 Å². The molecule has 2 rings (SSSR count). The van der Waals surface area contributed by atoms with Crippen LogP contribution in [0, 0.1) is 10.8 Å². The number of alkyl halides is 6. The van der Waals surface area contributed by atoms with Crippen LogP contribution in [0.1, 0.15) is 6.42 Å². The molecule has 0 aromatic heterocycles. The number of hydrogen-bond acceptors (Lipinski definition) is 2. The molecule has 2 aliphatic rings. The topological polar surface area (TPSA) is 57.6 Å². The van der Waals surface area contributed by atoms with Gasteiger partial charge in [0.1, 0.15) is 10.8 Å². The van der Waals surface area contributed by atoms with Gasteiger partial charge in [0, 0.05) is 13.1 Å². The van der Waals surface area contributed by atoms with Crippen LogP contribution in [0.2, 0.25) is 0 Å². The summed E-state index contributed by atoms with van der Waals surface area (Å²) < 4.78 is 75.0. The molecule has 0 spiro atoms. The van der Waals surface area contributed by atoms with Gasteiger partial charge in [0.05, 0.1) is 0 Å². The van der Waals surface area contributed by atoms with Crippen molar-refractivity contribution >= 4 is 11.9 Å². The van der Waals surface area contributed by atoms with E-state index in [4.69, 9.17) is 5.11 Å². The fourth-order valence-corrected chi connectivity index (χ4v) is 2.72. The molecule has 1 heterocycles. The van der Waals surface area contributed by atoms with Crippen molar-refractivity contribution < 1.29 is 41.0 Å². The molecule has 1 N–H and O–H groups in total. The van der Waals surface area contributed by atoms with E-state index in [2.05, 4.69) is 0 Å². The molecule has 19 heavy (non-hydrogen) atoms. The number of amides is 1. The molecule has 0 unspecified atom stereocenters. The summed E-state index contributed by atoms with van der Waals surface area (Å²) in [5.74, 6) is -4.27. The highest BCUT2D eigenvalue weighted by Crippen LogP contribution is 2.74. The van der Waals surface area contributed by atoms with Gasteiger partial charge in [0.25, 0.3) is 0 Å². The average molecular weight is 291 g/mol. The summed E-state index contributed by atoms with van der Waals surface area (Å²) in [6.07, 6.45) is -11.1. The van der Waals surface area contributed by atoms with E-state index in [9.17, 15) is 35.9 Å². The van der Waals surface area contributed by atoms with Crippen molar-refractivity contribution in [3.05, 3.63) is 0 Å². The normalized spacial score (nSPS) is 34.1. The number of rotatable bonds is 1. The Kier molecular flexibility index (Phi) is 2.45. The van der Waals surface area contributed by atoms with Gasteiger partial charge >= 0.3 is 24.2 Å². The molecule has 108 valence electrons. The van der Waals surface area contributed by atoms with Crippen molar-refractivity contribution in [3.63, 3.8) is 0 Å². The molecule has 1 saturated heterocycles. The van der Waals surface area contributed by atoms with Gasteiger partial charge in [-0.15, -0.1) is 0 Å². The maximum Gasteiger partial charge on any atom is 0.471 e. The summed E-state index contributed by atoms with van der Waals surface area (Å²) in [6, 6.07) is 0.